The van der Waals surface area contributed by atoms with E-state index in [2.05, 4.69) is 15.3 Å². The third-order valence-electron chi connectivity index (χ3n) is 2.00. The average Bonchev–Trinajstić information content (AvgIpc) is 2.78. The number of benzene rings is 1. The molecule has 0 aliphatic heterocycles. The van der Waals surface area contributed by atoms with Crippen molar-refractivity contribution in [1.29, 1.82) is 0 Å². The lowest BCUT2D eigenvalue weighted by molar-refractivity contribution is 0.880. The standard InChI is InChI=1S/C11H12N6/c12-11(13)16-14-6-9-7-15-17(8-9)10-4-2-1-3-5-10/h1-8H,(H4,12,13,16). The maximum atomic E-state index is 5.15. The maximum absolute atomic E-state index is 5.15. The Morgan fingerprint density at radius 2 is 2.00 bits per heavy atom. The first-order valence-electron chi connectivity index (χ1n) is 4.98. The van der Waals surface area contributed by atoms with E-state index in [4.69, 9.17) is 11.5 Å². The van der Waals surface area contributed by atoms with Gasteiger partial charge in [0, 0.05) is 11.8 Å². The lowest BCUT2D eigenvalue weighted by Gasteiger charge is -1.98. The molecule has 0 amide bonds. The van der Waals surface area contributed by atoms with Crippen molar-refractivity contribution in [3.8, 4) is 5.69 Å². The maximum Gasteiger partial charge on any atom is 0.211 e. The highest BCUT2D eigenvalue weighted by Crippen LogP contribution is 2.06. The molecule has 0 saturated carbocycles. The van der Waals surface area contributed by atoms with Gasteiger partial charge in [0.2, 0.25) is 5.96 Å². The van der Waals surface area contributed by atoms with Gasteiger partial charge in [-0.3, -0.25) is 0 Å². The molecule has 0 fully saturated rings. The van der Waals surface area contributed by atoms with Gasteiger partial charge in [-0.25, -0.2) is 4.68 Å². The average molecular weight is 228 g/mol. The van der Waals surface area contributed by atoms with Gasteiger partial charge >= 0.3 is 0 Å². The van der Waals surface area contributed by atoms with Gasteiger partial charge in [-0.1, -0.05) is 18.2 Å². The summed E-state index contributed by atoms with van der Waals surface area (Å²) < 4.78 is 1.75. The van der Waals surface area contributed by atoms with Crippen molar-refractivity contribution in [2.24, 2.45) is 21.7 Å². The van der Waals surface area contributed by atoms with Crippen LogP contribution in [0.1, 0.15) is 5.56 Å². The van der Waals surface area contributed by atoms with E-state index in [1.54, 1.807) is 10.9 Å². The number of nitrogens with zero attached hydrogens (tertiary/aromatic N) is 4. The molecule has 1 aromatic heterocycles. The normalized spacial score (nSPS) is 10.6. The molecule has 1 heterocycles. The molecule has 2 rings (SSSR count). The Bertz CT molecular complexity index is 536. The second kappa shape index (κ2) is 4.93. The SMILES string of the molecule is NC(N)=NN=Cc1cnn(-c2ccccc2)c1. The predicted molar refractivity (Wildman–Crippen MR) is 67.0 cm³/mol. The van der Waals surface area contributed by atoms with E-state index in [-0.39, 0.29) is 5.96 Å². The fourth-order valence-electron chi connectivity index (χ4n) is 1.29. The topological polar surface area (TPSA) is 94.6 Å². The molecule has 17 heavy (non-hydrogen) atoms. The quantitative estimate of drug-likeness (QED) is 0.454. The molecule has 1 aromatic carbocycles. The molecule has 0 atom stereocenters. The fraction of sp³-hybridized carbons (Fsp3) is 0. The smallest absolute Gasteiger partial charge is 0.211 e. The van der Waals surface area contributed by atoms with Crippen LogP contribution in [0.25, 0.3) is 5.69 Å². The highest BCUT2D eigenvalue weighted by molar-refractivity contribution is 5.81. The van der Waals surface area contributed by atoms with Crippen LogP contribution in [-0.2, 0) is 0 Å². The lowest BCUT2D eigenvalue weighted by Crippen LogP contribution is -2.21. The highest BCUT2D eigenvalue weighted by Gasteiger charge is 1.97. The van der Waals surface area contributed by atoms with Crippen LogP contribution < -0.4 is 11.5 Å². The predicted octanol–water partition coefficient (Wildman–Crippen LogP) is 0.480. The number of para-hydroxylation sites is 1. The molecular formula is C11H12N6. The molecular weight excluding hydrogens is 216 g/mol. The van der Waals surface area contributed by atoms with Crippen LogP contribution in [0, 0.1) is 0 Å². The summed E-state index contributed by atoms with van der Waals surface area (Å²) in [6.07, 6.45) is 5.05. The van der Waals surface area contributed by atoms with E-state index in [1.165, 1.54) is 6.21 Å². The lowest BCUT2D eigenvalue weighted by atomic mass is 10.3. The van der Waals surface area contributed by atoms with Crippen LogP contribution in [0.4, 0.5) is 0 Å². The van der Waals surface area contributed by atoms with E-state index in [0.29, 0.717) is 0 Å². The minimum atomic E-state index is -0.0725. The zero-order valence-corrected chi connectivity index (χ0v) is 9.06. The first-order chi connectivity index (χ1) is 8.25. The second-order valence-corrected chi connectivity index (χ2v) is 3.32. The number of hydrogen-bond acceptors (Lipinski definition) is 3. The van der Waals surface area contributed by atoms with Crippen molar-refractivity contribution in [1.82, 2.24) is 9.78 Å². The second-order valence-electron chi connectivity index (χ2n) is 3.32. The number of guanidine groups is 1. The number of nitrogens with two attached hydrogens (primary N) is 2. The molecule has 0 unspecified atom stereocenters. The molecule has 6 nitrogen and oxygen atoms in total. The van der Waals surface area contributed by atoms with Crippen molar-refractivity contribution in [2.75, 3.05) is 0 Å². The van der Waals surface area contributed by atoms with Gasteiger partial charge in [0.05, 0.1) is 18.1 Å². The number of rotatable bonds is 3. The van der Waals surface area contributed by atoms with Gasteiger partial charge in [-0.2, -0.15) is 10.2 Å². The Morgan fingerprint density at radius 1 is 1.24 bits per heavy atom. The first kappa shape index (κ1) is 10.9. The van der Waals surface area contributed by atoms with Gasteiger partial charge in [0.25, 0.3) is 0 Å². The fourth-order valence-corrected chi connectivity index (χ4v) is 1.29. The number of aromatic nitrogens is 2. The summed E-state index contributed by atoms with van der Waals surface area (Å²) in [4.78, 5) is 0. The van der Waals surface area contributed by atoms with E-state index in [1.807, 2.05) is 36.5 Å². The molecule has 4 N–H and O–H groups in total. The van der Waals surface area contributed by atoms with Crippen molar-refractivity contribution >= 4 is 12.2 Å². The highest BCUT2D eigenvalue weighted by atomic mass is 15.3. The van der Waals surface area contributed by atoms with E-state index >= 15 is 0 Å². The minimum absolute atomic E-state index is 0.0725. The van der Waals surface area contributed by atoms with Gasteiger partial charge < -0.3 is 11.5 Å². The summed E-state index contributed by atoms with van der Waals surface area (Å²) in [5.41, 5.74) is 12.1. The Kier molecular flexibility index (Phi) is 3.15. The van der Waals surface area contributed by atoms with Crippen LogP contribution >= 0.6 is 0 Å². The van der Waals surface area contributed by atoms with Gasteiger partial charge in [0.15, 0.2) is 0 Å². The molecule has 0 saturated heterocycles. The molecule has 2 aromatic rings. The third kappa shape index (κ3) is 2.91. The molecule has 6 heteroatoms. The molecule has 86 valence electrons. The molecule has 0 spiro atoms. The van der Waals surface area contributed by atoms with E-state index < -0.39 is 0 Å². The van der Waals surface area contributed by atoms with Crippen molar-refractivity contribution in [3.63, 3.8) is 0 Å². The van der Waals surface area contributed by atoms with Crippen LogP contribution in [0.3, 0.4) is 0 Å². The van der Waals surface area contributed by atoms with Gasteiger partial charge in [-0.15, -0.1) is 5.10 Å². The Morgan fingerprint density at radius 3 is 2.71 bits per heavy atom. The molecule has 0 bridgehead atoms. The Balaban J connectivity index is 2.17. The summed E-state index contributed by atoms with van der Waals surface area (Å²) >= 11 is 0. The molecule has 0 radical (unpaired) electrons. The van der Waals surface area contributed by atoms with Crippen molar-refractivity contribution < 1.29 is 0 Å². The van der Waals surface area contributed by atoms with Crippen LogP contribution in [0.2, 0.25) is 0 Å². The molecule has 0 aliphatic rings. The zero-order chi connectivity index (χ0) is 12.1. The van der Waals surface area contributed by atoms with Gasteiger partial charge in [0.1, 0.15) is 0 Å². The summed E-state index contributed by atoms with van der Waals surface area (Å²) in [6, 6.07) is 9.77. The zero-order valence-electron chi connectivity index (χ0n) is 9.06. The van der Waals surface area contributed by atoms with E-state index in [0.717, 1.165) is 11.3 Å². The summed E-state index contributed by atoms with van der Waals surface area (Å²) in [6.45, 7) is 0. The first-order valence-corrected chi connectivity index (χ1v) is 4.98. The summed E-state index contributed by atoms with van der Waals surface area (Å²) in [5.74, 6) is -0.0725. The monoisotopic (exact) mass is 228 g/mol. The minimum Gasteiger partial charge on any atom is -0.369 e. The Hall–Kier alpha value is -2.63. The molecule has 0 aliphatic carbocycles. The number of hydrogen-bond donors (Lipinski definition) is 2. The van der Waals surface area contributed by atoms with Crippen LogP contribution in [0.5, 0.6) is 0 Å². The van der Waals surface area contributed by atoms with Crippen molar-refractivity contribution in [2.45, 2.75) is 0 Å². The summed E-state index contributed by atoms with van der Waals surface area (Å²) in [5, 5.41) is 11.4. The third-order valence-corrected chi connectivity index (χ3v) is 2.00. The Labute approximate surface area is 98.3 Å². The summed E-state index contributed by atoms with van der Waals surface area (Å²) in [7, 11) is 0. The van der Waals surface area contributed by atoms with Crippen molar-refractivity contribution in [3.05, 3.63) is 48.3 Å². The van der Waals surface area contributed by atoms with Crippen LogP contribution in [-0.4, -0.2) is 22.0 Å². The van der Waals surface area contributed by atoms with Crippen LogP contribution in [0.15, 0.2) is 52.9 Å². The largest absolute Gasteiger partial charge is 0.369 e. The van der Waals surface area contributed by atoms with E-state index in [9.17, 15) is 0 Å². The van der Waals surface area contributed by atoms with Gasteiger partial charge in [-0.05, 0) is 12.1 Å².